The van der Waals surface area contributed by atoms with Crippen molar-refractivity contribution in [2.45, 2.75) is 19.9 Å². The smallest absolute Gasteiger partial charge is 0.124 e. The number of halogens is 1. The SMILES string of the molecule is COc1cccc(I)c1[C@@H](N)C(C)C. The number of rotatable bonds is 3. The van der Waals surface area contributed by atoms with E-state index in [9.17, 15) is 0 Å². The maximum absolute atomic E-state index is 6.13. The van der Waals surface area contributed by atoms with Crippen LogP contribution < -0.4 is 10.5 Å². The fourth-order valence-electron chi connectivity index (χ4n) is 1.35. The summed E-state index contributed by atoms with van der Waals surface area (Å²) in [5.74, 6) is 1.30. The lowest BCUT2D eigenvalue weighted by molar-refractivity contribution is 0.395. The van der Waals surface area contributed by atoms with Crippen molar-refractivity contribution >= 4 is 22.6 Å². The van der Waals surface area contributed by atoms with Gasteiger partial charge in [-0.25, -0.2) is 0 Å². The Morgan fingerprint density at radius 3 is 2.50 bits per heavy atom. The van der Waals surface area contributed by atoms with Gasteiger partial charge < -0.3 is 10.5 Å². The maximum atomic E-state index is 6.13. The third-order valence-electron chi connectivity index (χ3n) is 2.28. The van der Waals surface area contributed by atoms with Crippen molar-refractivity contribution in [3.63, 3.8) is 0 Å². The minimum Gasteiger partial charge on any atom is -0.496 e. The molecule has 0 spiro atoms. The topological polar surface area (TPSA) is 35.2 Å². The van der Waals surface area contributed by atoms with Crippen molar-refractivity contribution in [1.29, 1.82) is 0 Å². The zero-order valence-electron chi connectivity index (χ0n) is 8.75. The van der Waals surface area contributed by atoms with Gasteiger partial charge in [0.2, 0.25) is 0 Å². The molecule has 0 heterocycles. The van der Waals surface area contributed by atoms with Crippen molar-refractivity contribution in [3.05, 3.63) is 27.3 Å². The first-order valence-electron chi connectivity index (χ1n) is 4.66. The molecule has 78 valence electrons. The molecule has 1 atom stereocenters. The Morgan fingerprint density at radius 2 is 2.00 bits per heavy atom. The van der Waals surface area contributed by atoms with Gasteiger partial charge in [0, 0.05) is 15.2 Å². The van der Waals surface area contributed by atoms with E-state index in [2.05, 4.69) is 42.5 Å². The van der Waals surface area contributed by atoms with Crippen molar-refractivity contribution in [2.75, 3.05) is 7.11 Å². The average molecular weight is 305 g/mol. The molecular weight excluding hydrogens is 289 g/mol. The molecule has 3 heteroatoms. The highest BCUT2D eigenvalue weighted by atomic mass is 127. The van der Waals surface area contributed by atoms with E-state index >= 15 is 0 Å². The van der Waals surface area contributed by atoms with Crippen molar-refractivity contribution in [2.24, 2.45) is 11.7 Å². The molecule has 0 amide bonds. The number of ether oxygens (including phenoxy) is 1. The molecule has 0 aliphatic heterocycles. The highest BCUT2D eigenvalue weighted by molar-refractivity contribution is 14.1. The van der Waals surface area contributed by atoms with E-state index in [1.165, 1.54) is 3.57 Å². The number of hydrogen-bond acceptors (Lipinski definition) is 2. The minimum absolute atomic E-state index is 0.0399. The van der Waals surface area contributed by atoms with E-state index in [0.29, 0.717) is 5.92 Å². The Bertz CT molecular complexity index is 312. The third-order valence-corrected chi connectivity index (χ3v) is 3.23. The Labute approximate surface area is 99.0 Å². The predicted octanol–water partition coefficient (Wildman–Crippen LogP) is 2.96. The van der Waals surface area contributed by atoms with Gasteiger partial charge >= 0.3 is 0 Å². The summed E-state index contributed by atoms with van der Waals surface area (Å²) in [4.78, 5) is 0. The number of hydrogen-bond donors (Lipinski definition) is 1. The lowest BCUT2D eigenvalue weighted by atomic mass is 9.96. The molecule has 14 heavy (non-hydrogen) atoms. The van der Waals surface area contributed by atoms with Gasteiger partial charge in [0.05, 0.1) is 7.11 Å². The normalized spacial score (nSPS) is 13.0. The summed E-state index contributed by atoms with van der Waals surface area (Å²) in [5.41, 5.74) is 7.25. The van der Waals surface area contributed by atoms with Gasteiger partial charge in [-0.3, -0.25) is 0 Å². The Balaban J connectivity index is 3.16. The van der Waals surface area contributed by atoms with E-state index in [-0.39, 0.29) is 6.04 Å². The van der Waals surface area contributed by atoms with Crippen LogP contribution in [0, 0.1) is 9.49 Å². The van der Waals surface area contributed by atoms with Crippen LogP contribution in [-0.4, -0.2) is 7.11 Å². The van der Waals surface area contributed by atoms with E-state index in [0.717, 1.165) is 11.3 Å². The molecule has 0 aromatic heterocycles. The molecule has 0 aliphatic rings. The van der Waals surface area contributed by atoms with Gasteiger partial charge in [-0.15, -0.1) is 0 Å². The first-order chi connectivity index (χ1) is 6.57. The Morgan fingerprint density at radius 1 is 1.36 bits per heavy atom. The van der Waals surface area contributed by atoms with Crippen molar-refractivity contribution < 1.29 is 4.74 Å². The third kappa shape index (κ3) is 2.39. The highest BCUT2D eigenvalue weighted by Gasteiger charge is 2.17. The van der Waals surface area contributed by atoms with E-state index in [4.69, 9.17) is 10.5 Å². The van der Waals surface area contributed by atoms with Crippen LogP contribution in [0.4, 0.5) is 0 Å². The molecule has 1 rings (SSSR count). The fourth-order valence-corrected chi connectivity index (χ4v) is 2.19. The van der Waals surface area contributed by atoms with Crippen LogP contribution in [0.15, 0.2) is 18.2 Å². The average Bonchev–Trinajstić information content (AvgIpc) is 2.16. The van der Waals surface area contributed by atoms with Crippen molar-refractivity contribution in [3.8, 4) is 5.75 Å². The van der Waals surface area contributed by atoms with Gasteiger partial charge in [0.25, 0.3) is 0 Å². The summed E-state index contributed by atoms with van der Waals surface area (Å²) < 4.78 is 6.48. The summed E-state index contributed by atoms with van der Waals surface area (Å²) in [6.07, 6.45) is 0. The molecular formula is C11H16INO. The van der Waals surface area contributed by atoms with Crippen LogP contribution in [0.5, 0.6) is 5.75 Å². The van der Waals surface area contributed by atoms with Crippen molar-refractivity contribution in [1.82, 2.24) is 0 Å². The summed E-state index contributed by atoms with van der Waals surface area (Å²) in [7, 11) is 1.68. The molecule has 0 saturated carbocycles. The maximum Gasteiger partial charge on any atom is 0.124 e. The van der Waals surface area contributed by atoms with E-state index in [1.54, 1.807) is 7.11 Å². The second kappa shape index (κ2) is 4.98. The second-order valence-corrected chi connectivity index (χ2v) is 4.79. The van der Waals surface area contributed by atoms with Crippen LogP contribution in [0.1, 0.15) is 25.5 Å². The summed E-state index contributed by atoms with van der Waals surface area (Å²) in [5, 5.41) is 0. The van der Waals surface area contributed by atoms with Gasteiger partial charge in [-0.1, -0.05) is 19.9 Å². The lowest BCUT2D eigenvalue weighted by Crippen LogP contribution is -2.18. The molecule has 0 fully saturated rings. The van der Waals surface area contributed by atoms with Gasteiger partial charge in [0.1, 0.15) is 5.75 Å². The Kier molecular flexibility index (Phi) is 4.19. The van der Waals surface area contributed by atoms with Gasteiger partial charge in [-0.05, 0) is 40.6 Å². The Hall–Kier alpha value is -0.290. The minimum atomic E-state index is 0.0399. The molecule has 1 aromatic carbocycles. The first kappa shape index (κ1) is 11.8. The molecule has 0 bridgehead atoms. The van der Waals surface area contributed by atoms with Gasteiger partial charge in [0.15, 0.2) is 0 Å². The summed E-state index contributed by atoms with van der Waals surface area (Å²) in [6, 6.07) is 6.04. The van der Waals surface area contributed by atoms with E-state index in [1.807, 2.05) is 12.1 Å². The van der Waals surface area contributed by atoms with Crippen LogP contribution in [0.25, 0.3) is 0 Å². The monoisotopic (exact) mass is 305 g/mol. The highest BCUT2D eigenvalue weighted by Crippen LogP contribution is 2.31. The molecule has 0 unspecified atom stereocenters. The number of benzene rings is 1. The molecule has 1 aromatic rings. The summed E-state index contributed by atoms with van der Waals surface area (Å²) >= 11 is 2.30. The van der Waals surface area contributed by atoms with E-state index < -0.39 is 0 Å². The molecule has 0 radical (unpaired) electrons. The molecule has 0 aliphatic carbocycles. The fraction of sp³-hybridized carbons (Fsp3) is 0.455. The zero-order chi connectivity index (χ0) is 10.7. The lowest BCUT2D eigenvalue weighted by Gasteiger charge is -2.20. The quantitative estimate of drug-likeness (QED) is 0.872. The standard InChI is InChI=1S/C11H16INO/c1-7(2)11(13)10-8(12)5-4-6-9(10)14-3/h4-7,11H,13H2,1-3H3/t11-/m0/s1. The van der Waals surface area contributed by atoms with Crippen LogP contribution in [0.2, 0.25) is 0 Å². The van der Waals surface area contributed by atoms with Gasteiger partial charge in [-0.2, -0.15) is 0 Å². The number of methoxy groups -OCH3 is 1. The molecule has 2 N–H and O–H groups in total. The number of nitrogens with two attached hydrogens (primary N) is 1. The zero-order valence-corrected chi connectivity index (χ0v) is 10.9. The first-order valence-corrected chi connectivity index (χ1v) is 5.73. The summed E-state index contributed by atoms with van der Waals surface area (Å²) in [6.45, 7) is 4.24. The predicted molar refractivity (Wildman–Crippen MR) is 67.5 cm³/mol. The van der Waals surface area contributed by atoms with Crippen LogP contribution in [-0.2, 0) is 0 Å². The van der Waals surface area contributed by atoms with Crippen LogP contribution >= 0.6 is 22.6 Å². The largest absolute Gasteiger partial charge is 0.496 e. The van der Waals surface area contributed by atoms with Crippen LogP contribution in [0.3, 0.4) is 0 Å². The molecule has 2 nitrogen and oxygen atoms in total. The second-order valence-electron chi connectivity index (χ2n) is 3.63. The molecule has 0 saturated heterocycles.